The summed E-state index contributed by atoms with van der Waals surface area (Å²) in [6.07, 6.45) is 4.80. The molecule has 0 radical (unpaired) electrons. The number of thiophene rings is 1. The molecule has 0 bridgehead atoms. The molecule has 0 aliphatic heterocycles. The van der Waals surface area contributed by atoms with Crippen LogP contribution in [0.5, 0.6) is 0 Å². The summed E-state index contributed by atoms with van der Waals surface area (Å²) in [6.45, 7) is 6.92. The van der Waals surface area contributed by atoms with Crippen molar-refractivity contribution in [2.24, 2.45) is 11.3 Å². The number of rotatable bonds is 0. The first-order chi connectivity index (χ1) is 8.47. The highest BCUT2D eigenvalue weighted by Gasteiger charge is 2.31. The molecular formula is C14H18N2OS. The van der Waals surface area contributed by atoms with E-state index in [9.17, 15) is 4.79 Å². The van der Waals surface area contributed by atoms with Crippen LogP contribution >= 0.6 is 11.3 Å². The third-order valence-electron chi connectivity index (χ3n) is 4.08. The molecule has 96 valence electrons. The third kappa shape index (κ3) is 1.79. The van der Waals surface area contributed by atoms with Gasteiger partial charge in [0.05, 0.1) is 11.7 Å². The molecule has 0 saturated carbocycles. The van der Waals surface area contributed by atoms with Crippen molar-refractivity contribution in [2.45, 2.75) is 40.0 Å². The second-order valence-corrected chi connectivity index (χ2v) is 7.30. The number of aromatic amines is 1. The van der Waals surface area contributed by atoms with Gasteiger partial charge in [-0.05, 0) is 36.2 Å². The molecule has 4 heteroatoms. The minimum atomic E-state index is 0.0201. The van der Waals surface area contributed by atoms with Crippen molar-refractivity contribution < 1.29 is 0 Å². The molecule has 0 aromatic carbocycles. The number of nitrogens with zero attached hydrogens (tertiary/aromatic N) is 1. The molecule has 0 amide bonds. The minimum Gasteiger partial charge on any atom is -0.313 e. The number of hydrogen-bond donors (Lipinski definition) is 1. The lowest BCUT2D eigenvalue weighted by Gasteiger charge is -2.33. The van der Waals surface area contributed by atoms with Crippen LogP contribution in [0.3, 0.4) is 0 Å². The summed E-state index contributed by atoms with van der Waals surface area (Å²) in [5, 5.41) is 0.838. The summed E-state index contributed by atoms with van der Waals surface area (Å²) < 4.78 is 0. The van der Waals surface area contributed by atoms with Gasteiger partial charge in [0.15, 0.2) is 0 Å². The Labute approximate surface area is 110 Å². The zero-order chi connectivity index (χ0) is 12.9. The van der Waals surface area contributed by atoms with Crippen molar-refractivity contribution in [3.05, 3.63) is 27.1 Å². The molecule has 1 aliphatic carbocycles. The number of aromatic nitrogens is 2. The van der Waals surface area contributed by atoms with E-state index in [2.05, 4.69) is 30.7 Å². The standard InChI is InChI=1S/C14H18N2OS/c1-14(2,3)8-4-5-9-10(6-8)18-13-11(9)12(17)15-7-16-13/h7-8H,4-6H2,1-3H3,(H,15,16,17)/t8-/m1/s1. The van der Waals surface area contributed by atoms with Crippen LogP contribution < -0.4 is 5.56 Å². The molecule has 3 rings (SSSR count). The summed E-state index contributed by atoms with van der Waals surface area (Å²) in [6, 6.07) is 0. The van der Waals surface area contributed by atoms with Gasteiger partial charge in [-0.15, -0.1) is 11.3 Å². The van der Waals surface area contributed by atoms with E-state index in [0.717, 1.165) is 23.1 Å². The Kier molecular flexibility index (Phi) is 2.59. The molecule has 2 aromatic heterocycles. The number of fused-ring (bicyclic) bond motifs is 3. The number of hydrogen-bond acceptors (Lipinski definition) is 3. The highest BCUT2D eigenvalue weighted by Crippen LogP contribution is 2.41. The van der Waals surface area contributed by atoms with Crippen molar-refractivity contribution in [1.82, 2.24) is 9.97 Å². The Balaban J connectivity index is 2.11. The summed E-state index contributed by atoms with van der Waals surface area (Å²) in [7, 11) is 0. The molecule has 0 fully saturated rings. The van der Waals surface area contributed by atoms with Gasteiger partial charge in [-0.3, -0.25) is 4.79 Å². The lowest BCUT2D eigenvalue weighted by atomic mass is 9.72. The monoisotopic (exact) mass is 262 g/mol. The fourth-order valence-corrected chi connectivity index (χ4v) is 4.13. The van der Waals surface area contributed by atoms with E-state index in [4.69, 9.17) is 0 Å². The summed E-state index contributed by atoms with van der Waals surface area (Å²) in [5.74, 6) is 0.706. The molecule has 0 saturated heterocycles. The van der Waals surface area contributed by atoms with Gasteiger partial charge >= 0.3 is 0 Å². The van der Waals surface area contributed by atoms with E-state index >= 15 is 0 Å². The fraction of sp³-hybridized carbons (Fsp3) is 0.571. The van der Waals surface area contributed by atoms with Gasteiger partial charge in [0.25, 0.3) is 5.56 Å². The normalized spacial score (nSPS) is 20.1. The molecule has 2 aromatic rings. The van der Waals surface area contributed by atoms with Gasteiger partial charge in [0.2, 0.25) is 0 Å². The molecule has 1 N–H and O–H groups in total. The van der Waals surface area contributed by atoms with E-state index < -0.39 is 0 Å². The van der Waals surface area contributed by atoms with Gasteiger partial charge in [-0.2, -0.15) is 0 Å². The van der Waals surface area contributed by atoms with E-state index in [0.29, 0.717) is 11.3 Å². The van der Waals surface area contributed by atoms with Gasteiger partial charge < -0.3 is 4.98 Å². The van der Waals surface area contributed by atoms with Crippen molar-refractivity contribution in [3.63, 3.8) is 0 Å². The van der Waals surface area contributed by atoms with Crippen LogP contribution in [-0.2, 0) is 12.8 Å². The maximum atomic E-state index is 11.9. The van der Waals surface area contributed by atoms with E-state index in [1.165, 1.54) is 23.2 Å². The molecule has 2 heterocycles. The van der Waals surface area contributed by atoms with Crippen molar-refractivity contribution in [2.75, 3.05) is 0 Å². The average Bonchev–Trinajstić information content (AvgIpc) is 2.66. The van der Waals surface area contributed by atoms with E-state index in [1.807, 2.05) is 0 Å². The summed E-state index contributed by atoms with van der Waals surface area (Å²) >= 11 is 1.70. The maximum Gasteiger partial charge on any atom is 0.259 e. The Morgan fingerprint density at radius 1 is 1.44 bits per heavy atom. The molecule has 1 atom stereocenters. The van der Waals surface area contributed by atoms with Gasteiger partial charge in [0, 0.05) is 4.88 Å². The first-order valence-corrected chi connectivity index (χ1v) is 7.26. The van der Waals surface area contributed by atoms with Gasteiger partial charge in [-0.25, -0.2) is 4.98 Å². The quantitative estimate of drug-likeness (QED) is 0.792. The second kappa shape index (κ2) is 3.92. The smallest absolute Gasteiger partial charge is 0.259 e. The molecular weight excluding hydrogens is 244 g/mol. The highest BCUT2D eigenvalue weighted by molar-refractivity contribution is 7.18. The van der Waals surface area contributed by atoms with Crippen molar-refractivity contribution >= 4 is 21.6 Å². The number of H-pyrrole nitrogens is 1. The Morgan fingerprint density at radius 3 is 2.94 bits per heavy atom. The Bertz CT molecular complexity index is 648. The highest BCUT2D eigenvalue weighted by atomic mass is 32.1. The molecule has 18 heavy (non-hydrogen) atoms. The topological polar surface area (TPSA) is 45.8 Å². The van der Waals surface area contributed by atoms with Crippen LogP contribution in [0.1, 0.15) is 37.6 Å². The Hall–Kier alpha value is -1.16. The Morgan fingerprint density at radius 2 is 2.22 bits per heavy atom. The lowest BCUT2D eigenvalue weighted by molar-refractivity contribution is 0.218. The zero-order valence-corrected chi connectivity index (χ0v) is 11.9. The largest absolute Gasteiger partial charge is 0.313 e. The predicted octanol–water partition coefficient (Wildman–Crippen LogP) is 3.14. The van der Waals surface area contributed by atoms with Crippen LogP contribution in [0.4, 0.5) is 0 Å². The first-order valence-electron chi connectivity index (χ1n) is 6.45. The number of aryl methyl sites for hydroxylation is 1. The van der Waals surface area contributed by atoms with Crippen LogP contribution in [0.25, 0.3) is 10.2 Å². The number of nitrogens with one attached hydrogen (secondary N) is 1. The molecule has 3 nitrogen and oxygen atoms in total. The van der Waals surface area contributed by atoms with Gasteiger partial charge in [-0.1, -0.05) is 20.8 Å². The average molecular weight is 262 g/mol. The van der Waals surface area contributed by atoms with Crippen molar-refractivity contribution in [3.8, 4) is 0 Å². The van der Waals surface area contributed by atoms with Gasteiger partial charge in [0.1, 0.15) is 4.83 Å². The molecule has 1 aliphatic rings. The second-order valence-electron chi connectivity index (χ2n) is 6.22. The van der Waals surface area contributed by atoms with E-state index in [-0.39, 0.29) is 5.56 Å². The summed E-state index contributed by atoms with van der Waals surface area (Å²) in [4.78, 5) is 21.2. The lowest BCUT2D eigenvalue weighted by Crippen LogP contribution is -2.26. The minimum absolute atomic E-state index is 0.0201. The first kappa shape index (κ1) is 11.9. The van der Waals surface area contributed by atoms with Crippen LogP contribution in [0, 0.1) is 11.3 Å². The zero-order valence-electron chi connectivity index (χ0n) is 11.0. The van der Waals surface area contributed by atoms with Crippen LogP contribution in [0.15, 0.2) is 11.1 Å². The van der Waals surface area contributed by atoms with Crippen LogP contribution in [0.2, 0.25) is 0 Å². The van der Waals surface area contributed by atoms with Crippen molar-refractivity contribution in [1.29, 1.82) is 0 Å². The third-order valence-corrected chi connectivity index (χ3v) is 5.24. The fourth-order valence-electron chi connectivity index (χ4n) is 2.86. The molecule has 0 spiro atoms. The van der Waals surface area contributed by atoms with E-state index in [1.54, 1.807) is 11.3 Å². The summed E-state index contributed by atoms with van der Waals surface area (Å²) in [5.41, 5.74) is 1.62. The molecule has 0 unspecified atom stereocenters. The maximum absolute atomic E-state index is 11.9. The SMILES string of the molecule is CC(C)(C)[C@@H]1CCc2c(sc3nc[nH]c(=O)c23)C1. The predicted molar refractivity (Wildman–Crippen MR) is 75.2 cm³/mol. The van der Waals surface area contributed by atoms with Crippen LogP contribution in [-0.4, -0.2) is 9.97 Å².